The summed E-state index contributed by atoms with van der Waals surface area (Å²) in [6, 6.07) is 5.56. The van der Waals surface area contributed by atoms with Crippen molar-refractivity contribution in [3.63, 3.8) is 0 Å². The molecule has 2 aromatic rings. The summed E-state index contributed by atoms with van der Waals surface area (Å²) in [5.74, 6) is 0. The van der Waals surface area contributed by atoms with Crippen LogP contribution in [0.15, 0.2) is 22.7 Å². The maximum atomic E-state index is 5.90. The summed E-state index contributed by atoms with van der Waals surface area (Å²) < 4.78 is 0.911. The highest BCUT2D eigenvalue weighted by Crippen LogP contribution is 2.29. The van der Waals surface area contributed by atoms with E-state index >= 15 is 0 Å². The lowest BCUT2D eigenvalue weighted by Gasteiger charge is -1.97. The van der Waals surface area contributed by atoms with E-state index in [1.54, 1.807) is 0 Å². The molecular weight excluding hydrogens is 286 g/mol. The monoisotopic (exact) mass is 289 g/mol. The van der Waals surface area contributed by atoms with E-state index in [-0.39, 0.29) is 0 Å². The molecule has 0 fully saturated rings. The number of hydrogen-bond acceptors (Lipinski definition) is 4. The van der Waals surface area contributed by atoms with E-state index < -0.39 is 0 Å². The number of aromatic nitrogens is 2. The third kappa shape index (κ3) is 2.05. The van der Waals surface area contributed by atoms with Crippen molar-refractivity contribution in [2.45, 2.75) is 0 Å². The van der Waals surface area contributed by atoms with Crippen molar-refractivity contribution in [2.75, 3.05) is 5.73 Å². The standard InChI is InChI=1S/C8H5BrClN3S/c9-5-1-4(2-6(10)3-5)7-12-13-8(11)14-7/h1-3H,(H2,11,13). The molecule has 0 unspecified atom stereocenters. The van der Waals surface area contributed by atoms with Crippen LogP contribution < -0.4 is 5.73 Å². The van der Waals surface area contributed by atoms with Gasteiger partial charge in [0.05, 0.1) is 0 Å². The Bertz CT molecular complexity index is 451. The lowest BCUT2D eigenvalue weighted by atomic mass is 10.2. The third-order valence-corrected chi connectivity index (χ3v) is 3.03. The van der Waals surface area contributed by atoms with Gasteiger partial charge in [-0.05, 0) is 18.2 Å². The Labute approximate surface area is 98.0 Å². The average Bonchev–Trinajstić information content (AvgIpc) is 2.50. The number of nitrogens with zero attached hydrogens (tertiary/aromatic N) is 2. The Kier molecular flexibility index (Phi) is 2.71. The fourth-order valence-electron chi connectivity index (χ4n) is 1.03. The highest BCUT2D eigenvalue weighted by atomic mass is 79.9. The second kappa shape index (κ2) is 3.84. The Balaban J connectivity index is 2.51. The zero-order valence-electron chi connectivity index (χ0n) is 6.87. The first kappa shape index (κ1) is 9.89. The summed E-state index contributed by atoms with van der Waals surface area (Å²) in [4.78, 5) is 0. The van der Waals surface area contributed by atoms with Gasteiger partial charge in [0.2, 0.25) is 5.13 Å². The zero-order chi connectivity index (χ0) is 10.1. The van der Waals surface area contributed by atoms with Gasteiger partial charge in [-0.2, -0.15) is 0 Å². The summed E-state index contributed by atoms with van der Waals surface area (Å²) in [5.41, 5.74) is 6.41. The average molecular weight is 291 g/mol. The number of nitrogens with two attached hydrogens (primary N) is 1. The van der Waals surface area contributed by atoms with Crippen LogP contribution >= 0.6 is 38.9 Å². The molecule has 2 N–H and O–H groups in total. The number of halogens is 2. The van der Waals surface area contributed by atoms with Gasteiger partial charge in [0.1, 0.15) is 5.01 Å². The van der Waals surface area contributed by atoms with Gasteiger partial charge in [0.25, 0.3) is 0 Å². The molecule has 0 aliphatic heterocycles. The summed E-state index contributed by atoms with van der Waals surface area (Å²) >= 11 is 10.6. The SMILES string of the molecule is Nc1nnc(-c2cc(Cl)cc(Br)c2)s1. The maximum absolute atomic E-state index is 5.90. The third-order valence-electron chi connectivity index (χ3n) is 1.55. The van der Waals surface area contributed by atoms with E-state index in [0.29, 0.717) is 10.2 Å². The van der Waals surface area contributed by atoms with E-state index in [2.05, 4.69) is 26.1 Å². The maximum Gasteiger partial charge on any atom is 0.203 e. The quantitative estimate of drug-likeness (QED) is 0.877. The predicted molar refractivity (Wildman–Crippen MR) is 62.5 cm³/mol. The Hall–Kier alpha value is -0.650. The second-order valence-corrected chi connectivity index (χ2v) is 4.96. The molecule has 0 aliphatic carbocycles. The molecule has 0 spiro atoms. The Morgan fingerprint density at radius 2 is 2.07 bits per heavy atom. The number of anilines is 1. The molecule has 1 aromatic heterocycles. The predicted octanol–water partition coefficient (Wildman–Crippen LogP) is 3.20. The molecule has 0 amide bonds. The number of rotatable bonds is 1. The summed E-state index contributed by atoms with van der Waals surface area (Å²) in [6.07, 6.45) is 0. The second-order valence-electron chi connectivity index (χ2n) is 2.60. The van der Waals surface area contributed by atoms with Gasteiger partial charge in [-0.25, -0.2) is 0 Å². The summed E-state index contributed by atoms with van der Waals surface area (Å²) in [6.45, 7) is 0. The van der Waals surface area contributed by atoms with Crippen LogP contribution in [-0.4, -0.2) is 10.2 Å². The molecule has 0 saturated heterocycles. The molecular formula is C8H5BrClN3S. The minimum atomic E-state index is 0.455. The van der Waals surface area contributed by atoms with Crippen molar-refractivity contribution in [1.29, 1.82) is 0 Å². The minimum absolute atomic E-state index is 0.455. The van der Waals surface area contributed by atoms with Crippen molar-refractivity contribution in [2.24, 2.45) is 0 Å². The van der Waals surface area contributed by atoms with Crippen molar-refractivity contribution < 1.29 is 0 Å². The van der Waals surface area contributed by atoms with Crippen molar-refractivity contribution in [1.82, 2.24) is 10.2 Å². The lowest BCUT2D eigenvalue weighted by molar-refractivity contribution is 1.10. The largest absolute Gasteiger partial charge is 0.374 e. The Morgan fingerprint density at radius 3 is 2.64 bits per heavy atom. The molecule has 0 saturated carbocycles. The first-order chi connectivity index (χ1) is 6.65. The smallest absolute Gasteiger partial charge is 0.203 e. The van der Waals surface area contributed by atoms with Crippen LogP contribution in [0.1, 0.15) is 0 Å². The fraction of sp³-hybridized carbons (Fsp3) is 0. The topological polar surface area (TPSA) is 51.8 Å². The van der Waals surface area contributed by atoms with Crippen LogP contribution in [0.5, 0.6) is 0 Å². The molecule has 0 radical (unpaired) electrons. The van der Waals surface area contributed by atoms with Gasteiger partial charge >= 0.3 is 0 Å². The molecule has 72 valence electrons. The van der Waals surface area contributed by atoms with E-state index in [0.717, 1.165) is 15.0 Å². The first-order valence-electron chi connectivity index (χ1n) is 3.70. The number of hydrogen-bond donors (Lipinski definition) is 1. The normalized spacial score (nSPS) is 10.4. The van der Waals surface area contributed by atoms with Gasteiger partial charge in [-0.1, -0.05) is 38.9 Å². The van der Waals surface area contributed by atoms with Crippen LogP contribution in [0.3, 0.4) is 0 Å². The molecule has 3 nitrogen and oxygen atoms in total. The van der Waals surface area contributed by atoms with E-state index in [4.69, 9.17) is 17.3 Å². The highest BCUT2D eigenvalue weighted by molar-refractivity contribution is 9.10. The lowest BCUT2D eigenvalue weighted by Crippen LogP contribution is -1.80. The van der Waals surface area contributed by atoms with Gasteiger partial charge in [0.15, 0.2) is 0 Å². The zero-order valence-corrected chi connectivity index (χ0v) is 10.0. The fourth-order valence-corrected chi connectivity index (χ4v) is 2.49. The molecule has 1 heterocycles. The number of nitrogen functional groups attached to an aromatic ring is 1. The molecule has 14 heavy (non-hydrogen) atoms. The van der Waals surface area contributed by atoms with E-state index in [1.165, 1.54) is 11.3 Å². The van der Waals surface area contributed by atoms with Gasteiger partial charge in [0, 0.05) is 15.1 Å². The van der Waals surface area contributed by atoms with Crippen LogP contribution in [0.4, 0.5) is 5.13 Å². The van der Waals surface area contributed by atoms with Crippen molar-refractivity contribution >= 4 is 44.0 Å². The van der Waals surface area contributed by atoms with Crippen LogP contribution in [0, 0.1) is 0 Å². The van der Waals surface area contributed by atoms with Gasteiger partial charge in [-0.3, -0.25) is 0 Å². The molecule has 1 aromatic carbocycles. The number of benzene rings is 1. The summed E-state index contributed by atoms with van der Waals surface area (Å²) in [5, 5.41) is 9.55. The Morgan fingerprint density at radius 1 is 1.29 bits per heavy atom. The van der Waals surface area contributed by atoms with E-state index in [1.807, 2.05) is 18.2 Å². The summed E-state index contributed by atoms with van der Waals surface area (Å²) in [7, 11) is 0. The van der Waals surface area contributed by atoms with Crippen LogP contribution in [0.2, 0.25) is 5.02 Å². The highest BCUT2D eigenvalue weighted by Gasteiger charge is 2.06. The van der Waals surface area contributed by atoms with Gasteiger partial charge < -0.3 is 5.73 Å². The first-order valence-corrected chi connectivity index (χ1v) is 5.69. The van der Waals surface area contributed by atoms with E-state index in [9.17, 15) is 0 Å². The molecule has 0 bridgehead atoms. The van der Waals surface area contributed by atoms with Gasteiger partial charge in [-0.15, -0.1) is 10.2 Å². The van der Waals surface area contributed by atoms with Crippen LogP contribution in [-0.2, 0) is 0 Å². The molecule has 0 atom stereocenters. The van der Waals surface area contributed by atoms with Crippen molar-refractivity contribution in [3.05, 3.63) is 27.7 Å². The molecule has 6 heteroatoms. The minimum Gasteiger partial charge on any atom is -0.374 e. The molecule has 0 aliphatic rings. The van der Waals surface area contributed by atoms with Crippen molar-refractivity contribution in [3.8, 4) is 10.6 Å². The molecule has 2 rings (SSSR count). The van der Waals surface area contributed by atoms with Crippen LogP contribution in [0.25, 0.3) is 10.6 Å².